The Bertz CT molecular complexity index is 1110. The lowest BCUT2D eigenvalue weighted by molar-refractivity contribution is -0.136. The van der Waals surface area contributed by atoms with Gasteiger partial charge in [-0.3, -0.25) is 14.6 Å². The molecule has 0 saturated heterocycles. The summed E-state index contributed by atoms with van der Waals surface area (Å²) in [5.74, 6) is -3.23. The Morgan fingerprint density at radius 2 is 1.69 bits per heavy atom. The molecule has 9 heteroatoms. The summed E-state index contributed by atoms with van der Waals surface area (Å²) >= 11 is 0. The third-order valence-corrected chi connectivity index (χ3v) is 4.53. The Hall–Kier alpha value is -3.75. The van der Waals surface area contributed by atoms with Crippen LogP contribution in [0.3, 0.4) is 0 Å². The van der Waals surface area contributed by atoms with Crippen molar-refractivity contribution in [1.82, 2.24) is 20.3 Å². The van der Waals surface area contributed by atoms with Gasteiger partial charge in [0, 0.05) is 6.42 Å². The van der Waals surface area contributed by atoms with Gasteiger partial charge in [0.15, 0.2) is 17.5 Å². The molecule has 0 saturated carbocycles. The van der Waals surface area contributed by atoms with E-state index in [4.69, 9.17) is 5.11 Å². The van der Waals surface area contributed by atoms with E-state index < -0.39 is 23.2 Å². The monoisotopic (exact) mass is 396 g/mol. The van der Waals surface area contributed by atoms with Gasteiger partial charge in [-0.2, -0.15) is 0 Å². The summed E-state index contributed by atoms with van der Waals surface area (Å²) in [7, 11) is 0. The Balaban J connectivity index is 1.76. The van der Waals surface area contributed by atoms with Crippen LogP contribution in [0.5, 0.6) is 0 Å². The van der Waals surface area contributed by atoms with Crippen LogP contribution in [0.4, 0.5) is 8.78 Å². The highest BCUT2D eigenvalue weighted by Gasteiger charge is 2.28. The molecule has 7 nitrogen and oxygen atoms in total. The van der Waals surface area contributed by atoms with Crippen molar-refractivity contribution in [1.29, 1.82) is 0 Å². The van der Waals surface area contributed by atoms with Gasteiger partial charge in [0.25, 0.3) is 5.91 Å². The Morgan fingerprint density at radius 1 is 1.03 bits per heavy atom. The van der Waals surface area contributed by atoms with E-state index in [2.05, 4.69) is 20.3 Å². The highest BCUT2D eigenvalue weighted by molar-refractivity contribution is 5.99. The zero-order valence-electron chi connectivity index (χ0n) is 14.9. The number of halogens is 2. The highest BCUT2D eigenvalue weighted by atomic mass is 19.1. The van der Waals surface area contributed by atoms with Gasteiger partial charge in [-0.1, -0.05) is 24.3 Å². The molecule has 1 amide bonds. The number of carboxylic acid groups (broad SMARTS) is 1. The maximum atomic E-state index is 14.2. The third-order valence-electron chi connectivity index (χ3n) is 4.53. The molecule has 1 aliphatic rings. The number of fused-ring (bicyclic) bond motifs is 1. The lowest BCUT2D eigenvalue weighted by Crippen LogP contribution is -2.15. The van der Waals surface area contributed by atoms with Crippen LogP contribution in [0, 0.1) is 11.6 Å². The van der Waals surface area contributed by atoms with Gasteiger partial charge < -0.3 is 10.4 Å². The predicted octanol–water partition coefficient (Wildman–Crippen LogP) is 2.28. The fourth-order valence-electron chi connectivity index (χ4n) is 3.21. The first-order valence-electron chi connectivity index (χ1n) is 8.69. The molecule has 3 aromatic rings. The molecule has 1 aromatic carbocycles. The number of carbonyl (C=O) groups is 2. The third kappa shape index (κ3) is 3.66. The standard InChI is InChI=1S/C20H14F2N4O3/c21-12-7-23-8-13(22)17(12)19-25-14(18-15(26-19)9-24-20(18)29)5-10-1-3-11(4-2-10)6-16(27)28/h1-4,7-8H,5-6,9H2,(H,24,29)(H,27,28). The summed E-state index contributed by atoms with van der Waals surface area (Å²) in [5, 5.41) is 11.5. The number of carboxylic acids is 1. The largest absolute Gasteiger partial charge is 0.481 e. The normalized spacial score (nSPS) is 12.6. The van der Waals surface area contributed by atoms with Crippen molar-refractivity contribution < 1.29 is 23.5 Å². The van der Waals surface area contributed by atoms with E-state index in [1.165, 1.54) is 0 Å². The topological polar surface area (TPSA) is 105 Å². The van der Waals surface area contributed by atoms with Gasteiger partial charge in [0.2, 0.25) is 0 Å². The molecule has 0 atom stereocenters. The molecule has 0 fully saturated rings. The van der Waals surface area contributed by atoms with Crippen molar-refractivity contribution in [3.8, 4) is 11.4 Å². The second kappa shape index (κ2) is 7.34. The van der Waals surface area contributed by atoms with Crippen molar-refractivity contribution in [2.24, 2.45) is 0 Å². The number of aromatic nitrogens is 3. The van der Waals surface area contributed by atoms with Gasteiger partial charge in [0.05, 0.1) is 47.9 Å². The molecule has 0 radical (unpaired) electrons. The number of aliphatic carboxylic acids is 1. The van der Waals surface area contributed by atoms with Crippen LogP contribution in [0.2, 0.25) is 0 Å². The van der Waals surface area contributed by atoms with Crippen LogP contribution in [0.25, 0.3) is 11.4 Å². The van der Waals surface area contributed by atoms with Crippen LogP contribution >= 0.6 is 0 Å². The minimum absolute atomic E-state index is 0.101. The molecule has 4 rings (SSSR count). The van der Waals surface area contributed by atoms with Crippen LogP contribution in [0.15, 0.2) is 36.7 Å². The predicted molar refractivity (Wildman–Crippen MR) is 96.9 cm³/mol. The number of hydrogen-bond acceptors (Lipinski definition) is 5. The Kier molecular flexibility index (Phi) is 4.71. The SMILES string of the molecule is O=C(O)Cc1ccc(Cc2nc(-c3c(F)cncc3F)nc3c2C(=O)NC3)cc1. The molecule has 2 aromatic heterocycles. The Morgan fingerprint density at radius 3 is 2.34 bits per heavy atom. The molecular formula is C20H14F2N4O3. The summed E-state index contributed by atoms with van der Waals surface area (Å²) in [6.07, 6.45) is 1.86. The number of carbonyl (C=O) groups excluding carboxylic acids is 1. The average Bonchev–Trinajstić information content (AvgIpc) is 3.04. The maximum absolute atomic E-state index is 14.2. The fraction of sp³-hybridized carbons (Fsp3) is 0.150. The number of rotatable bonds is 5. The average molecular weight is 396 g/mol. The molecule has 0 bridgehead atoms. The summed E-state index contributed by atoms with van der Waals surface area (Å²) in [5.41, 5.74) is 1.99. The molecule has 0 unspecified atom stereocenters. The van der Waals surface area contributed by atoms with Gasteiger partial charge in [-0.05, 0) is 11.1 Å². The molecule has 1 aliphatic heterocycles. The smallest absolute Gasteiger partial charge is 0.307 e. The lowest BCUT2D eigenvalue weighted by atomic mass is 10.0. The Labute approximate surface area is 163 Å². The van der Waals surface area contributed by atoms with Crippen LogP contribution in [-0.4, -0.2) is 31.9 Å². The minimum atomic E-state index is -0.936. The first-order chi connectivity index (χ1) is 13.9. The molecule has 0 spiro atoms. The number of pyridine rings is 1. The minimum Gasteiger partial charge on any atom is -0.481 e. The van der Waals surface area contributed by atoms with E-state index in [9.17, 15) is 18.4 Å². The van der Waals surface area contributed by atoms with Crippen molar-refractivity contribution >= 4 is 11.9 Å². The van der Waals surface area contributed by atoms with Crippen LogP contribution in [0.1, 0.15) is 32.9 Å². The number of amides is 1. The van der Waals surface area contributed by atoms with Crippen LogP contribution in [-0.2, 0) is 24.2 Å². The number of nitrogens with one attached hydrogen (secondary N) is 1. The van der Waals surface area contributed by atoms with E-state index in [0.717, 1.165) is 18.0 Å². The highest BCUT2D eigenvalue weighted by Crippen LogP contribution is 2.27. The quantitative estimate of drug-likeness (QED) is 0.686. The zero-order chi connectivity index (χ0) is 20.5. The van der Waals surface area contributed by atoms with E-state index in [0.29, 0.717) is 22.5 Å². The first-order valence-corrected chi connectivity index (χ1v) is 8.69. The molecule has 146 valence electrons. The molecule has 3 heterocycles. The number of benzene rings is 1. The van der Waals surface area contributed by atoms with E-state index >= 15 is 0 Å². The number of hydrogen-bond donors (Lipinski definition) is 2. The van der Waals surface area contributed by atoms with E-state index in [1.54, 1.807) is 24.3 Å². The molecule has 0 aliphatic carbocycles. The molecule has 2 N–H and O–H groups in total. The van der Waals surface area contributed by atoms with Crippen molar-refractivity contribution in [2.75, 3.05) is 0 Å². The zero-order valence-corrected chi connectivity index (χ0v) is 14.9. The second-order valence-corrected chi connectivity index (χ2v) is 6.54. The summed E-state index contributed by atoms with van der Waals surface area (Å²) < 4.78 is 28.3. The summed E-state index contributed by atoms with van der Waals surface area (Å²) in [6.45, 7) is 0.141. The lowest BCUT2D eigenvalue weighted by Gasteiger charge is -2.10. The molecular weight excluding hydrogens is 382 g/mol. The van der Waals surface area contributed by atoms with E-state index in [1.807, 2.05) is 0 Å². The second-order valence-electron chi connectivity index (χ2n) is 6.54. The van der Waals surface area contributed by atoms with Crippen LogP contribution < -0.4 is 5.32 Å². The first kappa shape index (κ1) is 18.6. The van der Waals surface area contributed by atoms with E-state index in [-0.39, 0.29) is 31.1 Å². The number of nitrogens with zero attached hydrogens (tertiary/aromatic N) is 3. The fourth-order valence-corrected chi connectivity index (χ4v) is 3.21. The van der Waals surface area contributed by atoms with Gasteiger partial charge >= 0.3 is 5.97 Å². The maximum Gasteiger partial charge on any atom is 0.307 e. The van der Waals surface area contributed by atoms with Crippen molar-refractivity contribution in [2.45, 2.75) is 19.4 Å². The van der Waals surface area contributed by atoms with Crippen molar-refractivity contribution in [3.63, 3.8) is 0 Å². The van der Waals surface area contributed by atoms with Gasteiger partial charge in [-0.15, -0.1) is 0 Å². The van der Waals surface area contributed by atoms with Gasteiger partial charge in [-0.25, -0.2) is 18.7 Å². The molecule has 29 heavy (non-hydrogen) atoms. The summed E-state index contributed by atoms with van der Waals surface area (Å²) in [4.78, 5) is 34.9. The van der Waals surface area contributed by atoms with Gasteiger partial charge in [0.1, 0.15) is 0 Å². The summed E-state index contributed by atoms with van der Waals surface area (Å²) in [6, 6.07) is 6.81. The van der Waals surface area contributed by atoms with Crippen molar-refractivity contribution in [3.05, 3.63) is 76.4 Å².